The van der Waals surface area contributed by atoms with E-state index in [0.29, 0.717) is 5.92 Å². The highest BCUT2D eigenvalue weighted by Gasteiger charge is 2.20. The lowest BCUT2D eigenvalue weighted by molar-refractivity contribution is 0.885. The Morgan fingerprint density at radius 2 is 1.93 bits per heavy atom. The standard InChI is InChI=1S/C13H16N2/c1-9-8-12(15-13(9)10(2)14)11-6-4-3-5-7-11/h3-10H,14H2,1-2H3. The van der Waals surface area contributed by atoms with E-state index in [1.807, 2.05) is 25.1 Å². The van der Waals surface area contributed by atoms with E-state index in [-0.39, 0.29) is 6.04 Å². The molecule has 1 aliphatic heterocycles. The summed E-state index contributed by atoms with van der Waals surface area (Å²) in [7, 11) is 0. The molecule has 2 rings (SSSR count). The fourth-order valence-corrected chi connectivity index (χ4v) is 1.89. The lowest BCUT2D eigenvalue weighted by Crippen LogP contribution is -2.29. The first-order chi connectivity index (χ1) is 7.18. The SMILES string of the molecule is CC(N)C1=NC(c2ccccc2)=CC1C. The molecule has 0 saturated carbocycles. The third-order valence-electron chi connectivity index (χ3n) is 2.66. The smallest absolute Gasteiger partial charge is 0.0669 e. The van der Waals surface area contributed by atoms with Crippen LogP contribution in [0.1, 0.15) is 19.4 Å². The van der Waals surface area contributed by atoms with E-state index in [9.17, 15) is 0 Å². The van der Waals surface area contributed by atoms with Crippen LogP contribution < -0.4 is 5.73 Å². The van der Waals surface area contributed by atoms with Gasteiger partial charge in [0.1, 0.15) is 0 Å². The minimum atomic E-state index is 0.0393. The second-order valence-corrected chi connectivity index (χ2v) is 4.03. The van der Waals surface area contributed by atoms with Gasteiger partial charge in [0.05, 0.1) is 5.70 Å². The van der Waals surface area contributed by atoms with Gasteiger partial charge in [0, 0.05) is 17.7 Å². The summed E-state index contributed by atoms with van der Waals surface area (Å²) in [5.74, 6) is 0.361. The van der Waals surface area contributed by atoms with Crippen LogP contribution in [0.25, 0.3) is 5.70 Å². The molecule has 2 nitrogen and oxygen atoms in total. The molecule has 78 valence electrons. The maximum Gasteiger partial charge on any atom is 0.0669 e. The van der Waals surface area contributed by atoms with Gasteiger partial charge in [-0.05, 0) is 18.6 Å². The zero-order chi connectivity index (χ0) is 10.8. The van der Waals surface area contributed by atoms with Crippen LogP contribution in [0.3, 0.4) is 0 Å². The van der Waals surface area contributed by atoms with Gasteiger partial charge in [-0.15, -0.1) is 0 Å². The molecule has 1 aromatic rings. The summed E-state index contributed by atoms with van der Waals surface area (Å²) in [4.78, 5) is 4.59. The van der Waals surface area contributed by atoms with Gasteiger partial charge in [0.2, 0.25) is 0 Å². The number of hydrogen-bond acceptors (Lipinski definition) is 2. The Balaban J connectivity index is 2.31. The van der Waals surface area contributed by atoms with Crippen LogP contribution in [0.4, 0.5) is 0 Å². The second-order valence-electron chi connectivity index (χ2n) is 4.03. The summed E-state index contributed by atoms with van der Waals surface area (Å²) in [6.07, 6.45) is 2.17. The van der Waals surface area contributed by atoms with E-state index in [4.69, 9.17) is 5.73 Å². The Bertz CT molecular complexity index is 402. The van der Waals surface area contributed by atoms with Crippen molar-refractivity contribution in [2.75, 3.05) is 0 Å². The zero-order valence-corrected chi connectivity index (χ0v) is 9.14. The minimum Gasteiger partial charge on any atom is -0.323 e. The number of benzene rings is 1. The molecule has 1 aromatic carbocycles. The van der Waals surface area contributed by atoms with E-state index in [1.165, 1.54) is 5.56 Å². The molecule has 1 aliphatic rings. The summed E-state index contributed by atoms with van der Waals surface area (Å²) >= 11 is 0. The van der Waals surface area contributed by atoms with Crippen LogP contribution in [-0.4, -0.2) is 11.8 Å². The van der Waals surface area contributed by atoms with Crippen molar-refractivity contribution in [2.45, 2.75) is 19.9 Å². The van der Waals surface area contributed by atoms with E-state index in [1.54, 1.807) is 0 Å². The van der Waals surface area contributed by atoms with Crippen molar-refractivity contribution in [3.8, 4) is 0 Å². The molecule has 0 saturated heterocycles. The van der Waals surface area contributed by atoms with Gasteiger partial charge in [-0.2, -0.15) is 0 Å². The van der Waals surface area contributed by atoms with Crippen LogP contribution in [0.15, 0.2) is 41.4 Å². The number of nitrogens with zero attached hydrogens (tertiary/aromatic N) is 1. The van der Waals surface area contributed by atoms with Crippen LogP contribution in [-0.2, 0) is 0 Å². The molecule has 0 fully saturated rings. The van der Waals surface area contributed by atoms with Gasteiger partial charge in [0.15, 0.2) is 0 Å². The average Bonchev–Trinajstić information content (AvgIpc) is 2.62. The van der Waals surface area contributed by atoms with Crippen molar-refractivity contribution in [1.82, 2.24) is 0 Å². The molecule has 0 radical (unpaired) electrons. The van der Waals surface area contributed by atoms with E-state index in [2.05, 4.69) is 30.1 Å². The number of rotatable bonds is 2. The number of aliphatic imine (C=N–C) groups is 1. The highest BCUT2D eigenvalue weighted by molar-refractivity contribution is 6.00. The molecule has 2 atom stereocenters. The van der Waals surface area contributed by atoms with Gasteiger partial charge in [-0.1, -0.05) is 37.3 Å². The first-order valence-corrected chi connectivity index (χ1v) is 5.30. The second kappa shape index (κ2) is 3.99. The van der Waals surface area contributed by atoms with Crippen LogP contribution >= 0.6 is 0 Å². The normalized spacial score (nSPS) is 22.2. The highest BCUT2D eigenvalue weighted by Crippen LogP contribution is 2.26. The molecule has 1 heterocycles. The molecule has 0 amide bonds. The van der Waals surface area contributed by atoms with Gasteiger partial charge in [0.25, 0.3) is 0 Å². The Hall–Kier alpha value is -1.41. The lowest BCUT2D eigenvalue weighted by atomic mass is 10.0. The summed E-state index contributed by atoms with van der Waals surface area (Å²) in [5, 5.41) is 0. The zero-order valence-electron chi connectivity index (χ0n) is 9.14. The predicted octanol–water partition coefficient (Wildman–Crippen LogP) is 2.47. The van der Waals surface area contributed by atoms with Gasteiger partial charge in [-0.25, -0.2) is 0 Å². The van der Waals surface area contributed by atoms with Crippen LogP contribution in [0, 0.1) is 5.92 Å². The minimum absolute atomic E-state index is 0.0393. The number of nitrogens with two attached hydrogens (primary N) is 1. The molecule has 2 N–H and O–H groups in total. The molecule has 15 heavy (non-hydrogen) atoms. The summed E-state index contributed by atoms with van der Waals surface area (Å²) in [6, 6.07) is 10.3. The van der Waals surface area contributed by atoms with Crippen molar-refractivity contribution < 1.29 is 0 Å². The van der Waals surface area contributed by atoms with E-state index in [0.717, 1.165) is 11.4 Å². The Kier molecular flexibility index (Phi) is 2.69. The molecule has 2 heteroatoms. The summed E-state index contributed by atoms with van der Waals surface area (Å²) < 4.78 is 0. The lowest BCUT2D eigenvalue weighted by Gasteiger charge is -2.08. The quantitative estimate of drug-likeness (QED) is 0.782. The van der Waals surface area contributed by atoms with E-state index >= 15 is 0 Å². The van der Waals surface area contributed by atoms with Crippen molar-refractivity contribution in [3.63, 3.8) is 0 Å². The maximum absolute atomic E-state index is 5.86. The van der Waals surface area contributed by atoms with Gasteiger partial charge in [-0.3, -0.25) is 4.99 Å². The predicted molar refractivity (Wildman–Crippen MR) is 64.7 cm³/mol. The summed E-state index contributed by atoms with van der Waals surface area (Å²) in [6.45, 7) is 4.12. The Morgan fingerprint density at radius 1 is 1.27 bits per heavy atom. The average molecular weight is 200 g/mol. The molecule has 0 aromatic heterocycles. The third-order valence-corrected chi connectivity index (χ3v) is 2.66. The van der Waals surface area contributed by atoms with Gasteiger partial charge >= 0.3 is 0 Å². The monoisotopic (exact) mass is 200 g/mol. The number of allylic oxidation sites excluding steroid dienone is 1. The first-order valence-electron chi connectivity index (χ1n) is 5.30. The fourth-order valence-electron chi connectivity index (χ4n) is 1.89. The fraction of sp³-hybridized carbons (Fsp3) is 0.308. The molecule has 0 bridgehead atoms. The maximum atomic E-state index is 5.86. The van der Waals surface area contributed by atoms with E-state index < -0.39 is 0 Å². The topological polar surface area (TPSA) is 38.4 Å². The highest BCUT2D eigenvalue weighted by atomic mass is 14.8. The first kappa shape index (κ1) is 10.1. The molecule has 0 aliphatic carbocycles. The molecule has 2 unspecified atom stereocenters. The largest absolute Gasteiger partial charge is 0.323 e. The molecular weight excluding hydrogens is 184 g/mol. The van der Waals surface area contributed by atoms with Crippen molar-refractivity contribution in [3.05, 3.63) is 42.0 Å². The van der Waals surface area contributed by atoms with Crippen molar-refractivity contribution in [2.24, 2.45) is 16.6 Å². The number of hydrogen-bond donors (Lipinski definition) is 1. The summed E-state index contributed by atoms with van der Waals surface area (Å²) in [5.41, 5.74) is 9.16. The van der Waals surface area contributed by atoms with Crippen LogP contribution in [0.5, 0.6) is 0 Å². The molecule has 0 spiro atoms. The Morgan fingerprint density at radius 3 is 2.47 bits per heavy atom. The third kappa shape index (κ3) is 2.00. The van der Waals surface area contributed by atoms with Gasteiger partial charge < -0.3 is 5.73 Å². The van der Waals surface area contributed by atoms with Crippen molar-refractivity contribution in [1.29, 1.82) is 0 Å². The Labute approximate surface area is 90.5 Å². The van der Waals surface area contributed by atoms with Crippen molar-refractivity contribution >= 4 is 11.4 Å². The van der Waals surface area contributed by atoms with Crippen LogP contribution in [0.2, 0.25) is 0 Å². The molecular formula is C13H16N2.